The minimum atomic E-state index is -0.337. The molecule has 96 valence electrons. The van der Waals surface area contributed by atoms with E-state index in [9.17, 15) is 4.39 Å². The van der Waals surface area contributed by atoms with E-state index >= 15 is 0 Å². The highest BCUT2D eigenvalue weighted by molar-refractivity contribution is 5.20. The average Bonchev–Trinajstić information content (AvgIpc) is 2.78. The third kappa shape index (κ3) is 2.70. The SMILES string of the molecule is CCCNC(c1ccc(F)cn1)c1cnnn1C. The van der Waals surface area contributed by atoms with E-state index in [4.69, 9.17) is 0 Å². The van der Waals surface area contributed by atoms with Crippen LogP contribution in [0.4, 0.5) is 4.39 Å². The molecular formula is C12H16FN5. The Morgan fingerprint density at radius 2 is 2.22 bits per heavy atom. The van der Waals surface area contributed by atoms with Gasteiger partial charge < -0.3 is 5.32 Å². The van der Waals surface area contributed by atoms with Gasteiger partial charge in [-0.25, -0.2) is 4.39 Å². The lowest BCUT2D eigenvalue weighted by Crippen LogP contribution is -2.26. The molecule has 0 aliphatic rings. The first kappa shape index (κ1) is 12.6. The second kappa shape index (κ2) is 5.68. The van der Waals surface area contributed by atoms with E-state index in [-0.39, 0.29) is 11.9 Å². The van der Waals surface area contributed by atoms with Crippen molar-refractivity contribution in [1.29, 1.82) is 0 Å². The van der Waals surface area contributed by atoms with Gasteiger partial charge in [0.1, 0.15) is 5.82 Å². The Labute approximate surface area is 105 Å². The second-order valence-electron chi connectivity index (χ2n) is 4.07. The number of pyridine rings is 1. The fraction of sp³-hybridized carbons (Fsp3) is 0.417. The largest absolute Gasteiger partial charge is 0.304 e. The zero-order chi connectivity index (χ0) is 13.0. The Bertz CT molecular complexity index is 493. The van der Waals surface area contributed by atoms with E-state index < -0.39 is 0 Å². The number of nitrogens with one attached hydrogen (secondary N) is 1. The lowest BCUT2D eigenvalue weighted by atomic mass is 10.1. The van der Waals surface area contributed by atoms with Crippen molar-refractivity contribution >= 4 is 0 Å². The van der Waals surface area contributed by atoms with Crippen molar-refractivity contribution in [2.24, 2.45) is 7.05 Å². The molecule has 0 spiro atoms. The smallest absolute Gasteiger partial charge is 0.141 e. The quantitative estimate of drug-likeness (QED) is 0.871. The summed E-state index contributed by atoms with van der Waals surface area (Å²) in [7, 11) is 1.83. The van der Waals surface area contributed by atoms with Crippen LogP contribution in [0.25, 0.3) is 0 Å². The highest BCUT2D eigenvalue weighted by atomic mass is 19.1. The molecule has 1 unspecified atom stereocenters. The normalized spacial score (nSPS) is 12.6. The monoisotopic (exact) mass is 249 g/mol. The first-order valence-electron chi connectivity index (χ1n) is 5.91. The van der Waals surface area contributed by atoms with E-state index in [0.29, 0.717) is 0 Å². The fourth-order valence-electron chi connectivity index (χ4n) is 1.77. The van der Waals surface area contributed by atoms with Crippen LogP contribution < -0.4 is 5.32 Å². The Balaban J connectivity index is 2.30. The molecule has 6 heteroatoms. The summed E-state index contributed by atoms with van der Waals surface area (Å²) in [6.45, 7) is 2.93. The molecule has 0 aromatic carbocycles. The lowest BCUT2D eigenvalue weighted by molar-refractivity contribution is 0.537. The fourth-order valence-corrected chi connectivity index (χ4v) is 1.77. The molecule has 2 aromatic heterocycles. The van der Waals surface area contributed by atoms with Crippen LogP contribution in [-0.2, 0) is 7.05 Å². The van der Waals surface area contributed by atoms with Gasteiger partial charge in [-0.2, -0.15) is 0 Å². The zero-order valence-corrected chi connectivity index (χ0v) is 10.5. The first-order valence-corrected chi connectivity index (χ1v) is 5.91. The predicted molar refractivity (Wildman–Crippen MR) is 65.3 cm³/mol. The van der Waals surface area contributed by atoms with Crippen molar-refractivity contribution in [2.45, 2.75) is 19.4 Å². The van der Waals surface area contributed by atoms with Gasteiger partial charge >= 0.3 is 0 Å². The van der Waals surface area contributed by atoms with E-state index in [1.807, 2.05) is 7.05 Å². The molecule has 0 saturated carbocycles. The van der Waals surface area contributed by atoms with Gasteiger partial charge in [0.05, 0.1) is 29.8 Å². The number of hydrogen-bond acceptors (Lipinski definition) is 4. The number of rotatable bonds is 5. The molecule has 0 saturated heterocycles. The topological polar surface area (TPSA) is 55.6 Å². The van der Waals surface area contributed by atoms with Crippen LogP contribution in [0.1, 0.15) is 30.8 Å². The van der Waals surface area contributed by atoms with Crippen LogP contribution in [-0.4, -0.2) is 26.5 Å². The highest BCUT2D eigenvalue weighted by Gasteiger charge is 2.18. The molecule has 0 fully saturated rings. The maximum absolute atomic E-state index is 12.9. The number of aromatic nitrogens is 4. The molecule has 2 aromatic rings. The molecule has 0 aliphatic heterocycles. The Kier molecular flexibility index (Phi) is 3.99. The molecule has 2 rings (SSSR count). The van der Waals surface area contributed by atoms with E-state index in [0.717, 1.165) is 24.4 Å². The van der Waals surface area contributed by atoms with Gasteiger partial charge in [0.25, 0.3) is 0 Å². The molecule has 2 heterocycles. The maximum atomic E-state index is 12.9. The summed E-state index contributed by atoms with van der Waals surface area (Å²) in [5, 5.41) is 11.1. The molecule has 1 atom stereocenters. The van der Waals surface area contributed by atoms with Crippen molar-refractivity contribution in [2.75, 3.05) is 6.54 Å². The number of halogens is 1. The minimum absolute atomic E-state index is 0.120. The zero-order valence-electron chi connectivity index (χ0n) is 10.5. The van der Waals surface area contributed by atoms with Crippen LogP contribution >= 0.6 is 0 Å². The Hall–Kier alpha value is -1.82. The van der Waals surface area contributed by atoms with Crippen LogP contribution in [0, 0.1) is 5.82 Å². The number of aryl methyl sites for hydroxylation is 1. The van der Waals surface area contributed by atoms with Crippen molar-refractivity contribution in [3.05, 3.63) is 41.7 Å². The van der Waals surface area contributed by atoms with Gasteiger partial charge in [-0.05, 0) is 25.1 Å². The predicted octanol–water partition coefficient (Wildman–Crippen LogP) is 1.44. The molecule has 0 bridgehead atoms. The number of hydrogen-bond donors (Lipinski definition) is 1. The van der Waals surface area contributed by atoms with Gasteiger partial charge in [-0.1, -0.05) is 12.1 Å². The summed E-state index contributed by atoms with van der Waals surface area (Å²) in [5.74, 6) is -0.337. The molecule has 0 amide bonds. The van der Waals surface area contributed by atoms with Gasteiger partial charge in [0.2, 0.25) is 0 Å². The van der Waals surface area contributed by atoms with Crippen LogP contribution in [0.3, 0.4) is 0 Å². The summed E-state index contributed by atoms with van der Waals surface area (Å²) >= 11 is 0. The van der Waals surface area contributed by atoms with Crippen molar-refractivity contribution in [3.63, 3.8) is 0 Å². The number of nitrogens with zero attached hydrogens (tertiary/aromatic N) is 4. The van der Waals surface area contributed by atoms with Crippen molar-refractivity contribution in [1.82, 2.24) is 25.3 Å². The van der Waals surface area contributed by atoms with Crippen LogP contribution in [0.15, 0.2) is 24.5 Å². The summed E-state index contributed by atoms with van der Waals surface area (Å²) in [6.07, 6.45) is 3.92. The average molecular weight is 249 g/mol. The summed E-state index contributed by atoms with van der Waals surface area (Å²) in [5.41, 5.74) is 1.66. The van der Waals surface area contributed by atoms with Crippen LogP contribution in [0.5, 0.6) is 0 Å². The molecular weight excluding hydrogens is 233 g/mol. The third-order valence-corrected chi connectivity index (χ3v) is 2.69. The summed E-state index contributed by atoms with van der Waals surface area (Å²) in [6, 6.07) is 2.97. The van der Waals surface area contributed by atoms with Gasteiger partial charge in [0.15, 0.2) is 0 Å². The highest BCUT2D eigenvalue weighted by Crippen LogP contribution is 2.18. The molecule has 1 N–H and O–H groups in total. The molecule has 18 heavy (non-hydrogen) atoms. The third-order valence-electron chi connectivity index (χ3n) is 2.69. The van der Waals surface area contributed by atoms with Crippen molar-refractivity contribution in [3.8, 4) is 0 Å². The minimum Gasteiger partial charge on any atom is -0.304 e. The first-order chi connectivity index (χ1) is 8.72. The molecule has 0 radical (unpaired) electrons. The van der Waals surface area contributed by atoms with E-state index in [1.54, 1.807) is 16.9 Å². The second-order valence-corrected chi connectivity index (χ2v) is 4.07. The van der Waals surface area contributed by atoms with Gasteiger partial charge in [0, 0.05) is 7.05 Å². The summed E-state index contributed by atoms with van der Waals surface area (Å²) in [4.78, 5) is 4.12. The van der Waals surface area contributed by atoms with Crippen LogP contribution in [0.2, 0.25) is 0 Å². The van der Waals surface area contributed by atoms with E-state index in [2.05, 4.69) is 27.5 Å². The van der Waals surface area contributed by atoms with E-state index in [1.165, 1.54) is 12.3 Å². The van der Waals surface area contributed by atoms with Gasteiger partial charge in [-0.15, -0.1) is 5.10 Å². The standard InChI is InChI=1S/C12H16FN5/c1-3-6-14-12(11-8-16-17-18(11)2)10-5-4-9(13)7-15-10/h4-5,7-8,12,14H,3,6H2,1-2H3. The summed E-state index contributed by atoms with van der Waals surface area (Å²) < 4.78 is 14.6. The Morgan fingerprint density at radius 3 is 2.78 bits per heavy atom. The van der Waals surface area contributed by atoms with Gasteiger partial charge in [-0.3, -0.25) is 9.67 Å². The lowest BCUT2D eigenvalue weighted by Gasteiger charge is -2.17. The molecule has 0 aliphatic carbocycles. The maximum Gasteiger partial charge on any atom is 0.141 e. The molecule has 5 nitrogen and oxygen atoms in total. The van der Waals surface area contributed by atoms with Crippen molar-refractivity contribution < 1.29 is 4.39 Å². The Morgan fingerprint density at radius 1 is 1.39 bits per heavy atom.